The van der Waals surface area contributed by atoms with E-state index in [1.54, 1.807) is 17.8 Å². The van der Waals surface area contributed by atoms with Crippen LogP contribution in [0.25, 0.3) is 0 Å². The SMILES string of the molecule is Cc1c(SC2CC2)ccc(Br)c1F. The third kappa shape index (κ3) is 2.08. The van der Waals surface area contributed by atoms with Gasteiger partial charge < -0.3 is 0 Å². The summed E-state index contributed by atoms with van der Waals surface area (Å²) in [4.78, 5) is 1.09. The summed E-state index contributed by atoms with van der Waals surface area (Å²) in [6, 6.07) is 3.78. The van der Waals surface area contributed by atoms with Crippen LogP contribution >= 0.6 is 27.7 Å². The molecule has 0 saturated heterocycles. The fourth-order valence-corrected chi connectivity index (χ4v) is 2.70. The van der Waals surface area contributed by atoms with Gasteiger partial charge in [0.25, 0.3) is 0 Å². The van der Waals surface area contributed by atoms with E-state index in [-0.39, 0.29) is 5.82 Å². The molecule has 2 rings (SSSR count). The van der Waals surface area contributed by atoms with Crippen molar-refractivity contribution in [3.8, 4) is 0 Å². The van der Waals surface area contributed by atoms with E-state index in [1.165, 1.54) is 12.8 Å². The Morgan fingerprint density at radius 2 is 2.15 bits per heavy atom. The molecule has 0 spiro atoms. The average molecular weight is 261 g/mol. The third-order valence-corrected chi connectivity index (χ3v) is 4.22. The molecule has 1 aromatic rings. The van der Waals surface area contributed by atoms with E-state index < -0.39 is 0 Å². The first-order chi connectivity index (χ1) is 6.18. The van der Waals surface area contributed by atoms with Crippen LogP contribution in [0.5, 0.6) is 0 Å². The monoisotopic (exact) mass is 260 g/mol. The van der Waals surface area contributed by atoms with Crippen LogP contribution in [-0.2, 0) is 0 Å². The Labute approximate surface area is 90.0 Å². The fraction of sp³-hybridized carbons (Fsp3) is 0.400. The molecule has 3 heteroatoms. The van der Waals surface area contributed by atoms with Crippen molar-refractivity contribution >= 4 is 27.7 Å². The van der Waals surface area contributed by atoms with Crippen LogP contribution < -0.4 is 0 Å². The molecule has 1 fully saturated rings. The molecule has 1 aromatic carbocycles. The van der Waals surface area contributed by atoms with Crippen LogP contribution in [0.4, 0.5) is 4.39 Å². The van der Waals surface area contributed by atoms with E-state index in [0.717, 1.165) is 15.7 Å². The second-order valence-electron chi connectivity index (χ2n) is 3.30. The molecule has 0 heterocycles. The van der Waals surface area contributed by atoms with Gasteiger partial charge in [-0.05, 0) is 53.4 Å². The van der Waals surface area contributed by atoms with Crippen molar-refractivity contribution in [1.29, 1.82) is 0 Å². The number of thioether (sulfide) groups is 1. The summed E-state index contributed by atoms with van der Waals surface area (Å²) < 4.78 is 14.0. The summed E-state index contributed by atoms with van der Waals surface area (Å²) >= 11 is 4.98. The number of hydrogen-bond acceptors (Lipinski definition) is 1. The number of benzene rings is 1. The Hall–Kier alpha value is -0.0200. The molecular formula is C10H10BrFS. The highest BCUT2D eigenvalue weighted by Gasteiger charge is 2.23. The summed E-state index contributed by atoms with van der Waals surface area (Å²) in [7, 11) is 0. The van der Waals surface area contributed by atoms with Gasteiger partial charge in [0.05, 0.1) is 4.47 Å². The highest BCUT2D eigenvalue weighted by atomic mass is 79.9. The Kier molecular flexibility index (Phi) is 2.65. The van der Waals surface area contributed by atoms with Crippen molar-refractivity contribution in [2.24, 2.45) is 0 Å². The van der Waals surface area contributed by atoms with Crippen LogP contribution in [-0.4, -0.2) is 5.25 Å². The van der Waals surface area contributed by atoms with Crippen LogP contribution in [0.2, 0.25) is 0 Å². The van der Waals surface area contributed by atoms with Crippen LogP contribution in [0.15, 0.2) is 21.5 Å². The molecule has 0 unspecified atom stereocenters. The Bertz CT molecular complexity index is 334. The predicted octanol–water partition coefficient (Wildman–Crippen LogP) is 4.15. The first-order valence-corrected chi connectivity index (χ1v) is 5.97. The van der Waals surface area contributed by atoms with Gasteiger partial charge in [-0.2, -0.15) is 0 Å². The summed E-state index contributed by atoms with van der Waals surface area (Å²) in [5.74, 6) is -0.120. The van der Waals surface area contributed by atoms with Crippen molar-refractivity contribution in [3.63, 3.8) is 0 Å². The maximum atomic E-state index is 13.4. The minimum atomic E-state index is -0.120. The van der Waals surface area contributed by atoms with E-state index in [2.05, 4.69) is 15.9 Å². The number of halogens is 2. The smallest absolute Gasteiger partial charge is 0.141 e. The third-order valence-electron chi connectivity index (χ3n) is 2.11. The quantitative estimate of drug-likeness (QED) is 0.770. The standard InChI is InChI=1S/C10H10BrFS/c1-6-9(13-7-2-3-7)5-4-8(11)10(6)12/h4-5,7H,2-3H2,1H3. The van der Waals surface area contributed by atoms with E-state index in [1.807, 2.05) is 13.0 Å². The Morgan fingerprint density at radius 3 is 2.77 bits per heavy atom. The molecule has 0 atom stereocenters. The molecule has 1 aliphatic carbocycles. The molecule has 13 heavy (non-hydrogen) atoms. The highest BCUT2D eigenvalue weighted by Crippen LogP contribution is 2.41. The average Bonchev–Trinajstić information content (AvgIpc) is 2.90. The van der Waals surface area contributed by atoms with Crippen LogP contribution in [0.1, 0.15) is 18.4 Å². The second kappa shape index (κ2) is 3.62. The number of rotatable bonds is 2. The van der Waals surface area contributed by atoms with Gasteiger partial charge in [-0.3, -0.25) is 0 Å². The van der Waals surface area contributed by atoms with Crippen molar-refractivity contribution in [2.45, 2.75) is 29.9 Å². The molecule has 0 N–H and O–H groups in total. The topological polar surface area (TPSA) is 0 Å². The van der Waals surface area contributed by atoms with Gasteiger partial charge >= 0.3 is 0 Å². The second-order valence-corrected chi connectivity index (χ2v) is 5.50. The van der Waals surface area contributed by atoms with Crippen LogP contribution in [0, 0.1) is 12.7 Å². The number of hydrogen-bond donors (Lipinski definition) is 0. The molecule has 0 bridgehead atoms. The Balaban J connectivity index is 2.29. The van der Waals surface area contributed by atoms with Gasteiger partial charge in [-0.25, -0.2) is 4.39 Å². The summed E-state index contributed by atoms with van der Waals surface area (Å²) in [5.41, 5.74) is 0.770. The zero-order valence-corrected chi connectivity index (χ0v) is 9.71. The minimum Gasteiger partial charge on any atom is -0.205 e. The molecule has 0 aliphatic heterocycles. The summed E-state index contributed by atoms with van der Waals surface area (Å²) in [6.07, 6.45) is 2.56. The van der Waals surface area contributed by atoms with Crippen molar-refractivity contribution in [3.05, 3.63) is 28.0 Å². The normalized spacial score (nSPS) is 16.2. The van der Waals surface area contributed by atoms with Crippen LogP contribution in [0.3, 0.4) is 0 Å². The minimum absolute atomic E-state index is 0.120. The lowest BCUT2D eigenvalue weighted by molar-refractivity contribution is 0.607. The van der Waals surface area contributed by atoms with Gasteiger partial charge in [0, 0.05) is 10.1 Å². The molecule has 70 valence electrons. The molecule has 0 aromatic heterocycles. The first-order valence-electron chi connectivity index (χ1n) is 4.29. The van der Waals surface area contributed by atoms with Gasteiger partial charge in [0.1, 0.15) is 5.82 Å². The van der Waals surface area contributed by atoms with E-state index in [0.29, 0.717) is 4.47 Å². The first kappa shape index (κ1) is 9.53. The Morgan fingerprint density at radius 1 is 1.46 bits per heavy atom. The molecule has 0 amide bonds. The molecular weight excluding hydrogens is 251 g/mol. The van der Waals surface area contributed by atoms with Gasteiger partial charge in [0.2, 0.25) is 0 Å². The fourth-order valence-electron chi connectivity index (χ4n) is 1.13. The predicted molar refractivity (Wildman–Crippen MR) is 57.7 cm³/mol. The van der Waals surface area contributed by atoms with Crippen molar-refractivity contribution < 1.29 is 4.39 Å². The van der Waals surface area contributed by atoms with Crippen molar-refractivity contribution in [1.82, 2.24) is 0 Å². The van der Waals surface area contributed by atoms with E-state index in [9.17, 15) is 4.39 Å². The molecule has 0 nitrogen and oxygen atoms in total. The molecule has 1 aliphatic rings. The molecule has 0 radical (unpaired) electrons. The van der Waals surface area contributed by atoms with E-state index in [4.69, 9.17) is 0 Å². The zero-order chi connectivity index (χ0) is 9.42. The van der Waals surface area contributed by atoms with Gasteiger partial charge in [-0.1, -0.05) is 0 Å². The maximum Gasteiger partial charge on any atom is 0.141 e. The van der Waals surface area contributed by atoms with Gasteiger partial charge in [-0.15, -0.1) is 11.8 Å². The highest BCUT2D eigenvalue weighted by molar-refractivity contribution is 9.10. The lowest BCUT2D eigenvalue weighted by Gasteiger charge is -2.06. The maximum absolute atomic E-state index is 13.4. The lowest BCUT2D eigenvalue weighted by Crippen LogP contribution is -1.88. The lowest BCUT2D eigenvalue weighted by atomic mass is 10.2. The van der Waals surface area contributed by atoms with Gasteiger partial charge in [0.15, 0.2) is 0 Å². The largest absolute Gasteiger partial charge is 0.205 e. The van der Waals surface area contributed by atoms with Crippen molar-refractivity contribution in [2.75, 3.05) is 0 Å². The molecule has 1 saturated carbocycles. The zero-order valence-electron chi connectivity index (χ0n) is 7.31. The summed E-state index contributed by atoms with van der Waals surface area (Å²) in [6.45, 7) is 1.84. The van der Waals surface area contributed by atoms with E-state index >= 15 is 0 Å². The summed E-state index contributed by atoms with van der Waals surface area (Å²) in [5, 5.41) is 0.735.